The lowest BCUT2D eigenvalue weighted by Crippen LogP contribution is -2.53. The number of carbonyl (C=O) groups excluding carboxylic acids is 4. The molecule has 0 radical (unpaired) electrons. The van der Waals surface area contributed by atoms with E-state index in [9.17, 15) is 34.4 Å². The predicted octanol–water partition coefficient (Wildman–Crippen LogP) is 1.38. The lowest BCUT2D eigenvalue weighted by Gasteiger charge is -2.30. The summed E-state index contributed by atoms with van der Waals surface area (Å²) in [7, 11) is 0. The van der Waals surface area contributed by atoms with Crippen molar-refractivity contribution in [1.82, 2.24) is 15.1 Å². The molecule has 3 amide bonds. The van der Waals surface area contributed by atoms with Crippen molar-refractivity contribution in [3.05, 3.63) is 70.3 Å². The molecule has 0 saturated carbocycles. The largest absolute Gasteiger partial charge is 0.445 e. The fraction of sp³-hybridized carbons (Fsp3) is 0.385. The second kappa shape index (κ2) is 12.3. The van der Waals surface area contributed by atoms with Gasteiger partial charge in [-0.05, 0) is 30.5 Å². The van der Waals surface area contributed by atoms with Gasteiger partial charge in [0.2, 0.25) is 11.8 Å². The Balaban J connectivity index is 1.31. The number of carbonyl (C=O) groups is 4. The van der Waals surface area contributed by atoms with Gasteiger partial charge in [0.05, 0.1) is 17.6 Å². The van der Waals surface area contributed by atoms with E-state index < -0.39 is 53.5 Å². The van der Waals surface area contributed by atoms with Gasteiger partial charge in [-0.2, -0.15) is 0 Å². The van der Waals surface area contributed by atoms with Gasteiger partial charge >= 0.3 is 12.1 Å². The van der Waals surface area contributed by atoms with Crippen LogP contribution in [-0.2, 0) is 25.7 Å². The van der Waals surface area contributed by atoms with Gasteiger partial charge in [-0.25, -0.2) is 9.59 Å². The highest BCUT2D eigenvalue weighted by molar-refractivity contribution is 5.93. The summed E-state index contributed by atoms with van der Waals surface area (Å²) in [5.41, 5.74) is 0.615. The Bertz CT molecular complexity index is 1220. The van der Waals surface area contributed by atoms with Gasteiger partial charge in [0.15, 0.2) is 0 Å². The Hall–Kier alpha value is -4.52. The van der Waals surface area contributed by atoms with Gasteiger partial charge in [-0.15, -0.1) is 0 Å². The van der Waals surface area contributed by atoms with Crippen molar-refractivity contribution in [2.24, 2.45) is 0 Å². The first kappa shape index (κ1) is 27.5. The molecule has 2 saturated heterocycles. The molecule has 0 bridgehead atoms. The molecule has 0 spiro atoms. The van der Waals surface area contributed by atoms with Gasteiger partial charge in [0.25, 0.3) is 5.69 Å². The lowest BCUT2D eigenvalue weighted by atomic mass is 10.1. The lowest BCUT2D eigenvalue weighted by molar-refractivity contribution is -0.384. The summed E-state index contributed by atoms with van der Waals surface area (Å²) in [6, 6.07) is 12.1. The highest BCUT2D eigenvalue weighted by Gasteiger charge is 2.45. The molecule has 2 aliphatic heterocycles. The Labute approximate surface area is 223 Å². The van der Waals surface area contributed by atoms with E-state index in [1.165, 1.54) is 34.1 Å². The molecule has 206 valence electrons. The van der Waals surface area contributed by atoms with E-state index in [0.717, 1.165) is 5.56 Å². The molecule has 13 nitrogen and oxygen atoms in total. The van der Waals surface area contributed by atoms with E-state index in [4.69, 9.17) is 9.47 Å². The summed E-state index contributed by atoms with van der Waals surface area (Å²) in [5, 5.41) is 23.4. The first-order valence-electron chi connectivity index (χ1n) is 12.4. The van der Waals surface area contributed by atoms with Crippen molar-refractivity contribution in [3.8, 4) is 5.75 Å². The first-order valence-corrected chi connectivity index (χ1v) is 12.4. The number of hydrogen-bond donors (Lipinski definition) is 2. The molecule has 13 heteroatoms. The molecule has 2 fully saturated rings. The van der Waals surface area contributed by atoms with Crippen molar-refractivity contribution < 1.29 is 38.7 Å². The number of nitrogens with zero attached hydrogens (tertiary/aromatic N) is 3. The van der Waals surface area contributed by atoms with Crippen LogP contribution in [-0.4, -0.2) is 81.5 Å². The minimum Gasteiger partial charge on any atom is -0.445 e. The molecule has 39 heavy (non-hydrogen) atoms. The van der Waals surface area contributed by atoms with Crippen molar-refractivity contribution in [2.45, 2.75) is 44.1 Å². The van der Waals surface area contributed by atoms with Crippen LogP contribution in [0, 0.1) is 10.1 Å². The molecule has 4 rings (SSSR count). The maximum atomic E-state index is 13.4. The number of nitro benzene ring substituents is 1. The number of esters is 1. The van der Waals surface area contributed by atoms with Crippen molar-refractivity contribution in [3.63, 3.8) is 0 Å². The number of aliphatic hydroxyl groups excluding tert-OH is 1. The molecule has 0 aliphatic carbocycles. The number of ether oxygens (including phenoxy) is 2. The highest BCUT2D eigenvalue weighted by Crippen LogP contribution is 2.26. The normalized spacial score (nSPS) is 20.4. The monoisotopic (exact) mass is 540 g/mol. The molecule has 2 aromatic rings. The van der Waals surface area contributed by atoms with Gasteiger partial charge in [-0.3, -0.25) is 24.6 Å². The standard InChI is InChI=1S/C26H28N4O9/c31-19-13-22(29(15-19)26(35)38-16-17-5-2-1-3-6-17)25(34)28-12-4-7-21(28)24(33)27-14-23(32)39-20-10-8-18(9-11-20)30(36)37/h1-3,5-6,8-11,19,21-22,31H,4,7,12-16H2,(H,27,33). The number of hydrogen-bond acceptors (Lipinski definition) is 9. The van der Waals surface area contributed by atoms with Crippen LogP contribution in [0.3, 0.4) is 0 Å². The average molecular weight is 541 g/mol. The van der Waals surface area contributed by atoms with Crippen molar-refractivity contribution >= 4 is 29.6 Å². The second-order valence-corrected chi connectivity index (χ2v) is 9.23. The zero-order chi connectivity index (χ0) is 27.9. The highest BCUT2D eigenvalue weighted by atomic mass is 16.6. The van der Waals surface area contributed by atoms with Crippen LogP contribution >= 0.6 is 0 Å². The van der Waals surface area contributed by atoms with Crippen LogP contribution in [0.5, 0.6) is 5.75 Å². The fourth-order valence-corrected chi connectivity index (χ4v) is 4.63. The number of β-amino-alcohol motifs (C(OH)–C–C–N with tert-alkyl or cyclic N) is 1. The molecule has 2 heterocycles. The van der Waals surface area contributed by atoms with Crippen LogP contribution in [0.2, 0.25) is 0 Å². The van der Waals surface area contributed by atoms with E-state index in [0.29, 0.717) is 12.8 Å². The quantitative estimate of drug-likeness (QED) is 0.217. The zero-order valence-corrected chi connectivity index (χ0v) is 20.9. The smallest absolute Gasteiger partial charge is 0.410 e. The fourth-order valence-electron chi connectivity index (χ4n) is 4.63. The van der Waals surface area contributed by atoms with E-state index in [-0.39, 0.29) is 37.6 Å². The Morgan fingerprint density at radius 1 is 1.03 bits per heavy atom. The van der Waals surface area contributed by atoms with Crippen LogP contribution in [0.25, 0.3) is 0 Å². The van der Waals surface area contributed by atoms with E-state index in [1.54, 1.807) is 12.1 Å². The van der Waals surface area contributed by atoms with Crippen LogP contribution < -0.4 is 10.1 Å². The Morgan fingerprint density at radius 3 is 2.44 bits per heavy atom. The number of likely N-dealkylation sites (tertiary alicyclic amines) is 2. The Morgan fingerprint density at radius 2 is 1.74 bits per heavy atom. The molecule has 2 aliphatic rings. The van der Waals surface area contributed by atoms with Crippen LogP contribution in [0.4, 0.5) is 10.5 Å². The van der Waals surface area contributed by atoms with Crippen molar-refractivity contribution in [2.75, 3.05) is 19.6 Å². The maximum Gasteiger partial charge on any atom is 0.410 e. The third-order valence-corrected chi connectivity index (χ3v) is 6.53. The van der Waals surface area contributed by atoms with Crippen LogP contribution in [0.15, 0.2) is 54.6 Å². The van der Waals surface area contributed by atoms with Gasteiger partial charge in [0, 0.05) is 25.1 Å². The van der Waals surface area contributed by atoms with E-state index in [2.05, 4.69) is 5.32 Å². The molecular formula is C26H28N4O9. The number of nitro groups is 1. The topological polar surface area (TPSA) is 169 Å². The van der Waals surface area contributed by atoms with Gasteiger partial charge < -0.3 is 24.8 Å². The summed E-state index contributed by atoms with van der Waals surface area (Å²) >= 11 is 0. The first-order chi connectivity index (χ1) is 18.7. The van der Waals surface area contributed by atoms with E-state index in [1.807, 2.05) is 18.2 Å². The summed E-state index contributed by atoms with van der Waals surface area (Å²) in [6.07, 6.45) is -0.714. The minimum atomic E-state index is -0.983. The molecule has 3 unspecified atom stereocenters. The maximum absolute atomic E-state index is 13.4. The number of rotatable bonds is 8. The van der Waals surface area contributed by atoms with E-state index >= 15 is 0 Å². The third-order valence-electron chi connectivity index (χ3n) is 6.53. The molecular weight excluding hydrogens is 512 g/mol. The number of benzene rings is 2. The Kier molecular flexibility index (Phi) is 8.71. The van der Waals surface area contributed by atoms with Gasteiger partial charge in [-0.1, -0.05) is 30.3 Å². The number of nitrogens with one attached hydrogen (secondary N) is 1. The number of amides is 3. The van der Waals surface area contributed by atoms with Gasteiger partial charge in [0.1, 0.15) is 31.0 Å². The molecule has 0 aromatic heterocycles. The summed E-state index contributed by atoms with van der Waals surface area (Å²) < 4.78 is 10.4. The van der Waals surface area contributed by atoms with Crippen molar-refractivity contribution in [1.29, 1.82) is 0 Å². The summed E-state index contributed by atoms with van der Waals surface area (Å²) in [6.45, 7) is -0.251. The predicted molar refractivity (Wildman–Crippen MR) is 134 cm³/mol. The summed E-state index contributed by atoms with van der Waals surface area (Å²) in [5.74, 6) is -1.75. The van der Waals surface area contributed by atoms with Crippen LogP contribution in [0.1, 0.15) is 24.8 Å². The summed E-state index contributed by atoms with van der Waals surface area (Å²) in [4.78, 5) is 63.8. The molecule has 3 atom stereocenters. The third kappa shape index (κ3) is 6.87. The number of aliphatic hydroxyl groups is 1. The average Bonchev–Trinajstić information content (AvgIpc) is 3.58. The second-order valence-electron chi connectivity index (χ2n) is 9.23. The SMILES string of the molecule is O=C(CNC(=O)C1CCCN1C(=O)C1CC(O)CN1C(=O)OCc1ccccc1)Oc1ccc([N+](=O)[O-])cc1. The minimum absolute atomic E-state index is 0.0118. The molecule has 2 N–H and O–H groups in total. The number of non-ortho nitro benzene ring substituents is 1. The molecule has 2 aromatic carbocycles. The zero-order valence-electron chi connectivity index (χ0n) is 20.9.